The number of nitrogens with one attached hydrogen (secondary N) is 1. The summed E-state index contributed by atoms with van der Waals surface area (Å²) < 4.78 is 10.7. The first kappa shape index (κ1) is 16.0. The van der Waals surface area contributed by atoms with Crippen LogP contribution in [-0.4, -0.2) is 55.8 Å². The van der Waals surface area contributed by atoms with Crippen molar-refractivity contribution in [2.45, 2.75) is 12.0 Å². The predicted molar refractivity (Wildman–Crippen MR) is 86.3 cm³/mol. The number of ether oxygens (including phenoxy) is 2. The number of urea groups is 1. The molecule has 21 heavy (non-hydrogen) atoms. The minimum absolute atomic E-state index is 0.131. The number of amides is 2. The van der Waals surface area contributed by atoms with Gasteiger partial charge in [0.1, 0.15) is 5.75 Å². The zero-order valence-corrected chi connectivity index (χ0v) is 13.5. The topological polar surface area (TPSA) is 50.8 Å². The highest BCUT2D eigenvalue weighted by Gasteiger charge is 2.36. The lowest BCUT2D eigenvalue weighted by molar-refractivity contribution is -0.00285. The lowest BCUT2D eigenvalue weighted by Gasteiger charge is -2.31. The molecule has 1 aliphatic rings. The lowest BCUT2D eigenvalue weighted by Crippen LogP contribution is -2.46. The summed E-state index contributed by atoms with van der Waals surface area (Å²) in [5, 5.41) is 2.88. The summed E-state index contributed by atoms with van der Waals surface area (Å²) in [7, 11) is 5.13. The number of hydrogen-bond donors (Lipinski definition) is 1. The number of methoxy groups -OCH3 is 2. The Morgan fingerprint density at radius 3 is 2.62 bits per heavy atom. The highest BCUT2D eigenvalue weighted by molar-refractivity contribution is 7.99. The summed E-state index contributed by atoms with van der Waals surface area (Å²) in [6.45, 7) is 0.596. The van der Waals surface area contributed by atoms with E-state index >= 15 is 0 Å². The first-order valence-corrected chi connectivity index (χ1v) is 8.03. The minimum atomic E-state index is -0.212. The van der Waals surface area contributed by atoms with Gasteiger partial charge >= 0.3 is 6.03 Å². The van der Waals surface area contributed by atoms with Crippen LogP contribution in [0.1, 0.15) is 6.42 Å². The number of rotatable bonds is 5. The average molecular weight is 310 g/mol. The molecule has 1 aliphatic heterocycles. The molecule has 6 heteroatoms. The van der Waals surface area contributed by atoms with Crippen LogP contribution in [0.4, 0.5) is 10.5 Å². The first-order valence-electron chi connectivity index (χ1n) is 6.88. The van der Waals surface area contributed by atoms with E-state index in [1.54, 1.807) is 26.2 Å². The third-order valence-electron chi connectivity index (χ3n) is 3.71. The summed E-state index contributed by atoms with van der Waals surface area (Å²) in [5.41, 5.74) is 0.538. The van der Waals surface area contributed by atoms with Crippen molar-refractivity contribution in [2.75, 3.05) is 44.6 Å². The Kier molecular flexibility index (Phi) is 5.36. The molecular formula is C15H22N2O3S. The van der Waals surface area contributed by atoms with Gasteiger partial charge < -0.3 is 19.7 Å². The van der Waals surface area contributed by atoms with Gasteiger partial charge in [-0.15, -0.1) is 0 Å². The van der Waals surface area contributed by atoms with Gasteiger partial charge in [0.25, 0.3) is 0 Å². The van der Waals surface area contributed by atoms with Crippen LogP contribution in [0.2, 0.25) is 0 Å². The Hall–Kier alpha value is -1.40. The van der Waals surface area contributed by atoms with Gasteiger partial charge in [-0.2, -0.15) is 11.8 Å². The Morgan fingerprint density at radius 2 is 2.10 bits per heavy atom. The fourth-order valence-corrected chi connectivity index (χ4v) is 3.72. The summed E-state index contributed by atoms with van der Waals surface area (Å²) in [6, 6.07) is 7.15. The van der Waals surface area contributed by atoms with E-state index < -0.39 is 0 Å². The molecular weight excluding hydrogens is 288 g/mol. The number of hydrogen-bond acceptors (Lipinski definition) is 4. The van der Waals surface area contributed by atoms with Crippen molar-refractivity contribution < 1.29 is 14.3 Å². The second-order valence-corrected chi connectivity index (χ2v) is 6.31. The molecule has 2 amide bonds. The van der Waals surface area contributed by atoms with Gasteiger partial charge in [0.2, 0.25) is 0 Å². The molecule has 2 rings (SSSR count). The maximum Gasteiger partial charge on any atom is 0.321 e. The van der Waals surface area contributed by atoms with Gasteiger partial charge in [-0.1, -0.05) is 0 Å². The van der Waals surface area contributed by atoms with Gasteiger partial charge in [0.05, 0.1) is 19.3 Å². The number of thioether (sulfide) groups is 1. The molecule has 0 aromatic heterocycles. The predicted octanol–water partition coefficient (Wildman–Crippen LogP) is 2.68. The molecule has 0 spiro atoms. The fourth-order valence-electron chi connectivity index (χ4n) is 2.34. The number of carbonyl (C=O) groups excluding carboxylic acids is 1. The highest BCUT2D eigenvalue weighted by Crippen LogP contribution is 2.31. The molecule has 0 saturated carbocycles. The van der Waals surface area contributed by atoms with E-state index in [1.165, 1.54) is 0 Å². The van der Waals surface area contributed by atoms with E-state index in [9.17, 15) is 4.79 Å². The second-order valence-electron chi connectivity index (χ2n) is 5.20. The van der Waals surface area contributed by atoms with Gasteiger partial charge in [-0.25, -0.2) is 4.79 Å². The van der Waals surface area contributed by atoms with E-state index in [-0.39, 0.29) is 11.6 Å². The number of carbonyl (C=O) groups is 1. The largest absolute Gasteiger partial charge is 0.497 e. The molecule has 1 saturated heterocycles. The quantitative estimate of drug-likeness (QED) is 0.908. The van der Waals surface area contributed by atoms with Crippen molar-refractivity contribution in [3.63, 3.8) is 0 Å². The number of anilines is 1. The molecule has 1 aromatic carbocycles. The first-order chi connectivity index (χ1) is 10.1. The van der Waals surface area contributed by atoms with Crippen LogP contribution in [0.5, 0.6) is 5.75 Å². The summed E-state index contributed by atoms with van der Waals surface area (Å²) in [4.78, 5) is 13.9. The van der Waals surface area contributed by atoms with Crippen molar-refractivity contribution >= 4 is 23.5 Å². The number of likely N-dealkylation sites (N-methyl/N-ethyl adjacent to an activating group) is 1. The highest BCUT2D eigenvalue weighted by atomic mass is 32.2. The Morgan fingerprint density at radius 1 is 1.38 bits per heavy atom. The zero-order valence-electron chi connectivity index (χ0n) is 12.7. The fraction of sp³-hybridized carbons (Fsp3) is 0.533. The molecule has 1 fully saturated rings. The van der Waals surface area contributed by atoms with Crippen LogP contribution in [0, 0.1) is 0 Å². The van der Waals surface area contributed by atoms with E-state index in [0.717, 1.165) is 29.4 Å². The molecule has 0 aliphatic carbocycles. The third kappa shape index (κ3) is 4.04. The second kappa shape index (κ2) is 7.04. The number of nitrogens with zero attached hydrogens (tertiary/aromatic N) is 1. The Bertz CT molecular complexity index is 472. The van der Waals surface area contributed by atoms with E-state index in [0.29, 0.717) is 6.54 Å². The minimum Gasteiger partial charge on any atom is -0.497 e. The smallest absolute Gasteiger partial charge is 0.321 e. The van der Waals surface area contributed by atoms with Crippen LogP contribution in [-0.2, 0) is 4.74 Å². The van der Waals surface area contributed by atoms with Crippen LogP contribution in [0.25, 0.3) is 0 Å². The van der Waals surface area contributed by atoms with Gasteiger partial charge in [0, 0.05) is 25.6 Å². The van der Waals surface area contributed by atoms with E-state index in [2.05, 4.69) is 5.32 Å². The van der Waals surface area contributed by atoms with Gasteiger partial charge in [0.15, 0.2) is 0 Å². The number of benzene rings is 1. The Balaban J connectivity index is 1.92. The summed E-state index contributed by atoms with van der Waals surface area (Å²) in [5.74, 6) is 2.79. The SMILES string of the molecule is COc1ccc(NC(=O)N(C)CC2(OC)CCSC2)cc1. The molecule has 0 radical (unpaired) electrons. The Labute approximate surface area is 130 Å². The van der Waals surface area contributed by atoms with Gasteiger partial charge in [-0.05, 0) is 36.4 Å². The normalized spacial score (nSPS) is 21.1. The van der Waals surface area contributed by atoms with Gasteiger partial charge in [-0.3, -0.25) is 0 Å². The van der Waals surface area contributed by atoms with Crippen LogP contribution < -0.4 is 10.1 Å². The molecule has 116 valence electrons. The molecule has 1 aromatic rings. The van der Waals surface area contributed by atoms with E-state index in [1.807, 2.05) is 36.0 Å². The molecule has 0 bridgehead atoms. The standard InChI is InChI=1S/C15H22N2O3S/c1-17(10-15(20-3)8-9-21-11-15)14(18)16-12-4-6-13(19-2)7-5-12/h4-7H,8-11H2,1-3H3,(H,16,18). The van der Waals surface area contributed by atoms with Crippen molar-refractivity contribution in [1.82, 2.24) is 4.90 Å². The molecule has 5 nitrogen and oxygen atoms in total. The third-order valence-corrected chi connectivity index (χ3v) is 4.94. The molecule has 1 heterocycles. The van der Waals surface area contributed by atoms with Crippen LogP contribution >= 0.6 is 11.8 Å². The average Bonchev–Trinajstić information content (AvgIpc) is 2.97. The summed E-state index contributed by atoms with van der Waals surface area (Å²) in [6.07, 6.45) is 0.980. The maximum absolute atomic E-state index is 12.2. The zero-order chi connectivity index (χ0) is 15.3. The van der Waals surface area contributed by atoms with Crippen molar-refractivity contribution in [1.29, 1.82) is 0 Å². The van der Waals surface area contributed by atoms with Crippen LogP contribution in [0.15, 0.2) is 24.3 Å². The lowest BCUT2D eigenvalue weighted by atomic mass is 10.0. The summed E-state index contributed by atoms with van der Waals surface area (Å²) >= 11 is 1.87. The van der Waals surface area contributed by atoms with E-state index in [4.69, 9.17) is 9.47 Å². The molecule has 1 atom stereocenters. The molecule has 1 unspecified atom stereocenters. The molecule has 1 N–H and O–H groups in total. The van der Waals surface area contributed by atoms with Crippen molar-refractivity contribution in [3.8, 4) is 5.75 Å². The van der Waals surface area contributed by atoms with Crippen molar-refractivity contribution in [2.24, 2.45) is 0 Å². The maximum atomic E-state index is 12.2. The van der Waals surface area contributed by atoms with Crippen LogP contribution in [0.3, 0.4) is 0 Å². The van der Waals surface area contributed by atoms with Crippen molar-refractivity contribution in [3.05, 3.63) is 24.3 Å². The monoisotopic (exact) mass is 310 g/mol.